The third-order valence-corrected chi connectivity index (χ3v) is 5.42. The van der Waals surface area contributed by atoms with E-state index < -0.39 is 22.5 Å². The van der Waals surface area contributed by atoms with Gasteiger partial charge in [0.2, 0.25) is 15.9 Å². The number of anilines is 1. The number of hydrogen-bond donors (Lipinski definition) is 3. The summed E-state index contributed by atoms with van der Waals surface area (Å²) >= 11 is 1.62. The fourth-order valence-corrected chi connectivity index (χ4v) is 3.80. The Balaban J connectivity index is 0.00000288. The lowest BCUT2D eigenvalue weighted by atomic mass is 10.2. The Morgan fingerprint density at radius 3 is 2.79 bits per heavy atom. The maximum atomic E-state index is 12.1. The van der Waals surface area contributed by atoms with E-state index in [1.165, 1.54) is 25.3 Å². The van der Waals surface area contributed by atoms with Gasteiger partial charge in [-0.25, -0.2) is 8.42 Å². The van der Waals surface area contributed by atoms with Gasteiger partial charge >= 0.3 is 5.97 Å². The molecule has 0 aromatic heterocycles. The molecule has 134 valence electrons. The molecular formula is C13H18ClN3O5S2. The summed E-state index contributed by atoms with van der Waals surface area (Å²) in [6.45, 7) is -0.460. The molecule has 0 spiro atoms. The van der Waals surface area contributed by atoms with Crippen molar-refractivity contribution >= 4 is 51.8 Å². The van der Waals surface area contributed by atoms with Gasteiger partial charge in [0.05, 0.1) is 18.0 Å². The van der Waals surface area contributed by atoms with E-state index in [0.29, 0.717) is 17.3 Å². The van der Waals surface area contributed by atoms with E-state index in [0.717, 1.165) is 0 Å². The topological polar surface area (TPSA) is 114 Å². The molecule has 0 aliphatic carbocycles. The van der Waals surface area contributed by atoms with Gasteiger partial charge in [0.1, 0.15) is 6.54 Å². The zero-order valence-electron chi connectivity index (χ0n) is 12.8. The van der Waals surface area contributed by atoms with Crippen LogP contribution in [0.1, 0.15) is 0 Å². The summed E-state index contributed by atoms with van der Waals surface area (Å²) < 4.78 is 30.7. The van der Waals surface area contributed by atoms with Crippen molar-refractivity contribution in [3.05, 3.63) is 24.3 Å². The summed E-state index contributed by atoms with van der Waals surface area (Å²) in [7, 11) is -2.70. The van der Waals surface area contributed by atoms with Crippen LogP contribution < -0.4 is 15.4 Å². The van der Waals surface area contributed by atoms with Crippen molar-refractivity contribution in [2.24, 2.45) is 0 Å². The molecule has 3 N–H and O–H groups in total. The van der Waals surface area contributed by atoms with Gasteiger partial charge in [-0.3, -0.25) is 14.9 Å². The maximum Gasteiger partial charge on any atom is 0.320 e. The molecule has 1 amide bonds. The molecule has 0 saturated carbocycles. The van der Waals surface area contributed by atoms with Crippen LogP contribution in [0.3, 0.4) is 0 Å². The molecule has 24 heavy (non-hydrogen) atoms. The number of carbonyl (C=O) groups excluding carboxylic acids is 2. The molecule has 1 atom stereocenters. The number of carbonyl (C=O) groups is 2. The Labute approximate surface area is 150 Å². The largest absolute Gasteiger partial charge is 0.468 e. The lowest BCUT2D eigenvalue weighted by Gasteiger charge is -2.12. The maximum absolute atomic E-state index is 12.1. The average Bonchev–Trinajstić information content (AvgIpc) is 3.07. The van der Waals surface area contributed by atoms with E-state index in [1.807, 2.05) is 0 Å². The van der Waals surface area contributed by atoms with Gasteiger partial charge in [0, 0.05) is 17.3 Å². The molecule has 1 aromatic carbocycles. The van der Waals surface area contributed by atoms with Crippen molar-refractivity contribution < 1.29 is 22.7 Å². The Kier molecular flexibility index (Phi) is 7.97. The Morgan fingerprint density at radius 1 is 1.42 bits per heavy atom. The van der Waals surface area contributed by atoms with Crippen molar-refractivity contribution in [3.8, 4) is 0 Å². The van der Waals surface area contributed by atoms with E-state index in [9.17, 15) is 18.0 Å². The molecule has 1 fully saturated rings. The lowest BCUT2D eigenvalue weighted by Crippen LogP contribution is -2.37. The predicted molar refractivity (Wildman–Crippen MR) is 93.8 cm³/mol. The average molecular weight is 396 g/mol. The smallest absolute Gasteiger partial charge is 0.320 e. The number of hydrogen-bond acceptors (Lipinski definition) is 7. The van der Waals surface area contributed by atoms with E-state index in [4.69, 9.17) is 0 Å². The van der Waals surface area contributed by atoms with Crippen LogP contribution in [-0.4, -0.2) is 51.6 Å². The number of halogens is 1. The molecule has 1 unspecified atom stereocenters. The number of nitrogens with one attached hydrogen (secondary N) is 3. The molecule has 1 heterocycles. The number of esters is 1. The number of ether oxygens (including phenoxy) is 1. The van der Waals surface area contributed by atoms with E-state index >= 15 is 0 Å². The predicted octanol–water partition coefficient (Wildman–Crippen LogP) is 0.161. The lowest BCUT2D eigenvalue weighted by molar-refractivity contribution is -0.139. The number of thioether (sulfide) groups is 1. The third-order valence-electron chi connectivity index (χ3n) is 3.08. The Hall–Kier alpha value is -1.33. The third kappa shape index (κ3) is 5.64. The number of sulfonamides is 1. The quantitative estimate of drug-likeness (QED) is 0.588. The van der Waals surface area contributed by atoms with Crippen LogP contribution in [0.15, 0.2) is 29.2 Å². The molecule has 1 aliphatic rings. The van der Waals surface area contributed by atoms with Crippen LogP contribution in [-0.2, 0) is 24.3 Å². The molecule has 1 saturated heterocycles. The molecule has 1 aliphatic heterocycles. The molecule has 0 bridgehead atoms. The number of rotatable bonds is 6. The summed E-state index contributed by atoms with van der Waals surface area (Å²) in [6, 6.07) is 5.52. The number of benzene rings is 1. The SMILES string of the molecule is COC(=O)CNS(=O)(=O)c1cccc(NC(=O)C2CSCN2)c1.Cl. The minimum absolute atomic E-state index is 0. The second kappa shape index (κ2) is 9.23. The van der Waals surface area contributed by atoms with E-state index in [2.05, 4.69) is 20.1 Å². The summed E-state index contributed by atoms with van der Waals surface area (Å²) in [5, 5.41) is 5.70. The van der Waals surface area contributed by atoms with Crippen molar-refractivity contribution in [1.82, 2.24) is 10.0 Å². The Bertz CT molecular complexity index is 693. The highest BCUT2D eigenvalue weighted by atomic mass is 35.5. The van der Waals surface area contributed by atoms with Gasteiger partial charge in [-0.1, -0.05) is 6.07 Å². The highest BCUT2D eigenvalue weighted by molar-refractivity contribution is 7.99. The first-order valence-electron chi connectivity index (χ1n) is 6.71. The molecule has 8 nitrogen and oxygen atoms in total. The second-order valence-electron chi connectivity index (χ2n) is 4.69. The molecule has 0 radical (unpaired) electrons. The van der Waals surface area contributed by atoms with Gasteiger partial charge in [-0.2, -0.15) is 4.72 Å². The van der Waals surface area contributed by atoms with E-state index in [1.54, 1.807) is 17.8 Å². The summed E-state index contributed by atoms with van der Waals surface area (Å²) in [5.74, 6) is 0.476. The normalized spacial score (nSPS) is 17.0. The first-order valence-corrected chi connectivity index (χ1v) is 9.35. The zero-order valence-corrected chi connectivity index (χ0v) is 15.2. The minimum atomic E-state index is -3.86. The van der Waals surface area contributed by atoms with Gasteiger partial charge in [0.15, 0.2) is 0 Å². The second-order valence-corrected chi connectivity index (χ2v) is 7.49. The Morgan fingerprint density at radius 2 is 2.17 bits per heavy atom. The first-order chi connectivity index (χ1) is 10.9. The van der Waals surface area contributed by atoms with Crippen molar-refractivity contribution in [2.45, 2.75) is 10.9 Å². The summed E-state index contributed by atoms with van der Waals surface area (Å²) in [4.78, 5) is 23.0. The van der Waals surface area contributed by atoms with Crippen LogP contribution in [0.4, 0.5) is 5.69 Å². The van der Waals surface area contributed by atoms with Crippen molar-refractivity contribution in [2.75, 3.05) is 30.6 Å². The molecule has 2 rings (SSSR count). The minimum Gasteiger partial charge on any atom is -0.468 e. The zero-order chi connectivity index (χ0) is 16.9. The monoisotopic (exact) mass is 395 g/mol. The van der Waals surface area contributed by atoms with Gasteiger partial charge in [-0.15, -0.1) is 24.2 Å². The van der Waals surface area contributed by atoms with Gasteiger partial charge in [0.25, 0.3) is 0 Å². The van der Waals surface area contributed by atoms with Crippen LogP contribution in [0, 0.1) is 0 Å². The van der Waals surface area contributed by atoms with E-state index in [-0.39, 0.29) is 29.3 Å². The number of methoxy groups -OCH3 is 1. The summed E-state index contributed by atoms with van der Waals surface area (Å²) in [5.41, 5.74) is 0.370. The fourth-order valence-electron chi connectivity index (χ4n) is 1.84. The van der Waals surface area contributed by atoms with Crippen LogP contribution in [0.5, 0.6) is 0 Å². The molecule has 1 aromatic rings. The van der Waals surface area contributed by atoms with Gasteiger partial charge < -0.3 is 10.1 Å². The highest BCUT2D eigenvalue weighted by Gasteiger charge is 2.23. The van der Waals surface area contributed by atoms with Crippen molar-refractivity contribution in [3.63, 3.8) is 0 Å². The van der Waals surface area contributed by atoms with Crippen molar-refractivity contribution in [1.29, 1.82) is 0 Å². The van der Waals surface area contributed by atoms with Crippen LogP contribution in [0.25, 0.3) is 0 Å². The van der Waals surface area contributed by atoms with Crippen LogP contribution >= 0.6 is 24.2 Å². The fraction of sp³-hybridized carbons (Fsp3) is 0.385. The van der Waals surface area contributed by atoms with Gasteiger partial charge in [-0.05, 0) is 18.2 Å². The van der Waals surface area contributed by atoms with Crippen LogP contribution in [0.2, 0.25) is 0 Å². The highest BCUT2D eigenvalue weighted by Crippen LogP contribution is 2.17. The standard InChI is InChI=1S/C13H17N3O5S2.ClH/c1-21-12(17)6-15-23(19,20)10-4-2-3-9(5-10)16-13(18)11-7-22-8-14-11;/h2-5,11,14-15H,6-8H2,1H3,(H,16,18);1H. The number of amides is 1. The summed E-state index contributed by atoms with van der Waals surface area (Å²) in [6.07, 6.45) is 0. The molecule has 11 heteroatoms. The molecular weight excluding hydrogens is 378 g/mol. The first kappa shape index (κ1) is 20.7.